The number of alkyl carbamates (subject to hydrolysis) is 2. The molecule has 0 saturated carbocycles. The van der Waals surface area contributed by atoms with Gasteiger partial charge in [-0.25, -0.2) is 19.6 Å². The number of aromatic amines is 2. The summed E-state index contributed by atoms with van der Waals surface area (Å²) in [5.74, 6) is 1.67. The van der Waals surface area contributed by atoms with Gasteiger partial charge in [0.2, 0.25) is 11.8 Å². The van der Waals surface area contributed by atoms with Crippen molar-refractivity contribution < 1.29 is 33.4 Å². The summed E-state index contributed by atoms with van der Waals surface area (Å²) in [6.07, 6.45) is 14.6. The first-order chi connectivity index (χ1) is 29.6. The molecule has 2 aromatic heterocycles. The van der Waals surface area contributed by atoms with Crippen LogP contribution < -0.4 is 10.6 Å². The second-order valence-corrected chi connectivity index (χ2v) is 17.9. The van der Waals surface area contributed by atoms with Gasteiger partial charge in [-0.05, 0) is 134 Å². The zero-order valence-electron chi connectivity index (χ0n) is 35.7. The van der Waals surface area contributed by atoms with Crippen LogP contribution in [-0.2, 0) is 36.6 Å². The van der Waals surface area contributed by atoms with E-state index in [9.17, 15) is 19.2 Å². The van der Waals surface area contributed by atoms with Crippen LogP contribution >= 0.6 is 0 Å². The highest BCUT2D eigenvalue weighted by atomic mass is 16.5. The second-order valence-electron chi connectivity index (χ2n) is 17.9. The van der Waals surface area contributed by atoms with Crippen LogP contribution in [-0.4, -0.2) is 106 Å². The number of aryl methyl sites for hydroxylation is 2. The fraction of sp³-hybridized carbons (Fsp3) is 0.565. The molecule has 0 bridgehead atoms. The predicted molar refractivity (Wildman–Crippen MR) is 227 cm³/mol. The zero-order chi connectivity index (χ0) is 42.4. The Labute approximate surface area is 356 Å². The Bertz CT molecular complexity index is 2250. The lowest BCUT2D eigenvalue weighted by Gasteiger charge is -2.38. The number of carbonyl (C=O) groups excluding carboxylic acids is 4. The molecule has 3 saturated heterocycles. The van der Waals surface area contributed by atoms with Crippen LogP contribution in [0.25, 0.3) is 22.4 Å². The van der Waals surface area contributed by atoms with E-state index in [-0.39, 0.29) is 35.7 Å². The molecule has 4 amide bonds. The first-order valence-electron chi connectivity index (χ1n) is 22.2. The van der Waals surface area contributed by atoms with Crippen molar-refractivity contribution in [2.24, 2.45) is 17.8 Å². The standard InChI is InChI=1S/C46H58N8O7/c1-25(2)39(51-45(57)59-3)43(55)53-15-5-7-35(53)41-47-23-33(49-41)31-19-27-9-11-29-21-32(22-30-12-10-28(20-31)37(27)38(29)30)34-24-48-42(50-34)36-8-6-16-54(36)44(56)40(52-46(58)60-4)26-13-17-61-18-14-26/h19,21-26,28,35-36,39-40H,5-18,20H2,1-4H3,(H,47,49)(H,48,50)(H,51,57)(H,52,58)/t28?,35-,36-,39-,40-/m0/s1. The Hall–Kier alpha value is -5.44. The Balaban J connectivity index is 0.926. The maximum atomic E-state index is 14.1. The molecule has 5 atom stereocenters. The third-order valence-corrected chi connectivity index (χ3v) is 14.0. The molecule has 15 heteroatoms. The van der Waals surface area contributed by atoms with Gasteiger partial charge in [-0.15, -0.1) is 0 Å². The van der Waals surface area contributed by atoms with Gasteiger partial charge < -0.3 is 44.6 Å². The van der Waals surface area contributed by atoms with E-state index in [0.717, 1.165) is 86.4 Å². The number of amides is 4. The van der Waals surface area contributed by atoms with Crippen molar-refractivity contribution in [1.82, 2.24) is 40.4 Å². The summed E-state index contributed by atoms with van der Waals surface area (Å²) in [7, 11) is 2.63. The quantitative estimate of drug-likeness (QED) is 0.179. The van der Waals surface area contributed by atoms with Crippen LogP contribution in [0.2, 0.25) is 0 Å². The number of imidazole rings is 2. The number of nitrogens with zero attached hydrogens (tertiary/aromatic N) is 4. The van der Waals surface area contributed by atoms with Gasteiger partial charge in [0, 0.05) is 31.9 Å². The summed E-state index contributed by atoms with van der Waals surface area (Å²) in [5, 5.41) is 5.58. The minimum atomic E-state index is -0.674. The number of likely N-dealkylation sites (tertiary alicyclic amines) is 2. The molecule has 0 spiro atoms. The molecule has 9 rings (SSSR count). The molecule has 3 aliphatic carbocycles. The first kappa shape index (κ1) is 40.9. The topological polar surface area (TPSA) is 184 Å². The van der Waals surface area contributed by atoms with Crippen molar-refractivity contribution in [3.63, 3.8) is 0 Å². The molecular weight excluding hydrogens is 777 g/mol. The number of benzene rings is 1. The minimum absolute atomic E-state index is 0.0180. The zero-order valence-corrected chi connectivity index (χ0v) is 35.7. The number of aromatic nitrogens is 4. The molecule has 3 aromatic rings. The van der Waals surface area contributed by atoms with E-state index in [1.165, 1.54) is 47.6 Å². The van der Waals surface area contributed by atoms with Crippen LogP contribution in [0.5, 0.6) is 0 Å². The smallest absolute Gasteiger partial charge is 0.407 e. The third-order valence-electron chi connectivity index (χ3n) is 14.0. The Morgan fingerprint density at radius 3 is 2.08 bits per heavy atom. The number of allylic oxidation sites excluding steroid dienone is 4. The Morgan fingerprint density at radius 2 is 1.41 bits per heavy atom. The molecule has 15 nitrogen and oxygen atoms in total. The molecule has 3 fully saturated rings. The van der Waals surface area contributed by atoms with Crippen LogP contribution in [0.3, 0.4) is 0 Å². The maximum absolute atomic E-state index is 14.1. The average Bonchev–Trinajstić information content (AvgIpc) is 4.13. The van der Waals surface area contributed by atoms with Crippen LogP contribution in [0.4, 0.5) is 9.59 Å². The van der Waals surface area contributed by atoms with Crippen molar-refractivity contribution >= 4 is 35.1 Å². The number of H-pyrrole nitrogens is 2. The number of hydrogen-bond donors (Lipinski definition) is 4. The molecule has 5 heterocycles. The summed E-state index contributed by atoms with van der Waals surface area (Å²) in [6, 6.07) is 2.94. The number of carbonyl (C=O) groups is 4. The summed E-state index contributed by atoms with van der Waals surface area (Å²) >= 11 is 0. The number of methoxy groups -OCH3 is 2. The minimum Gasteiger partial charge on any atom is -0.453 e. The van der Waals surface area contributed by atoms with Gasteiger partial charge >= 0.3 is 12.2 Å². The lowest BCUT2D eigenvalue weighted by molar-refractivity contribution is -0.137. The number of nitrogens with one attached hydrogen (secondary N) is 4. The molecule has 1 unspecified atom stereocenters. The SMILES string of the molecule is COC(=O)N[C@H](C(=O)N1CCC[C@H]1c1ncc(C2=CC3=C4c5c(cc(-c6cnc([C@@H]7CCCN7C(=O)[C@@H](NC(=O)OC)C7CCOCC7)[nH]6)cc5CCC4C2)CC3)[nH]1)C(C)C. The van der Waals surface area contributed by atoms with E-state index in [1.54, 1.807) is 0 Å². The van der Waals surface area contributed by atoms with E-state index < -0.39 is 24.3 Å². The van der Waals surface area contributed by atoms with E-state index in [0.29, 0.717) is 45.1 Å². The van der Waals surface area contributed by atoms with Crippen LogP contribution in [0.15, 0.2) is 36.2 Å². The first-order valence-corrected chi connectivity index (χ1v) is 22.2. The Kier molecular flexibility index (Phi) is 11.5. The monoisotopic (exact) mass is 834 g/mol. The van der Waals surface area contributed by atoms with E-state index >= 15 is 0 Å². The molecule has 3 aliphatic heterocycles. The molecule has 0 radical (unpaired) electrons. The number of rotatable bonds is 10. The fourth-order valence-electron chi connectivity index (χ4n) is 10.9. The van der Waals surface area contributed by atoms with Crippen molar-refractivity contribution in [2.75, 3.05) is 40.5 Å². The molecule has 4 N–H and O–H groups in total. The van der Waals surface area contributed by atoms with Crippen molar-refractivity contribution in [2.45, 2.75) is 109 Å². The van der Waals surface area contributed by atoms with Crippen molar-refractivity contribution in [3.05, 3.63) is 70.2 Å². The van der Waals surface area contributed by atoms with Gasteiger partial charge in [0.05, 0.1) is 50.1 Å². The second kappa shape index (κ2) is 17.1. The van der Waals surface area contributed by atoms with Gasteiger partial charge in [-0.1, -0.05) is 19.9 Å². The largest absolute Gasteiger partial charge is 0.453 e. The summed E-state index contributed by atoms with van der Waals surface area (Å²) in [5.41, 5.74) is 11.4. The molecule has 61 heavy (non-hydrogen) atoms. The van der Waals surface area contributed by atoms with Crippen molar-refractivity contribution in [3.8, 4) is 11.3 Å². The van der Waals surface area contributed by atoms with Crippen molar-refractivity contribution in [1.29, 1.82) is 0 Å². The molecular formula is C46H58N8O7. The highest BCUT2D eigenvalue weighted by Crippen LogP contribution is 2.51. The fourth-order valence-corrected chi connectivity index (χ4v) is 10.9. The van der Waals surface area contributed by atoms with Gasteiger partial charge in [-0.3, -0.25) is 9.59 Å². The lowest BCUT2D eigenvalue weighted by Crippen LogP contribution is -2.53. The predicted octanol–water partition coefficient (Wildman–Crippen LogP) is 6.41. The van der Waals surface area contributed by atoms with Gasteiger partial charge in [0.15, 0.2) is 0 Å². The van der Waals surface area contributed by atoms with Gasteiger partial charge in [-0.2, -0.15) is 0 Å². The van der Waals surface area contributed by atoms with Gasteiger partial charge in [0.1, 0.15) is 23.7 Å². The van der Waals surface area contributed by atoms with E-state index in [4.69, 9.17) is 24.2 Å². The average molecular weight is 835 g/mol. The molecule has 324 valence electrons. The summed E-state index contributed by atoms with van der Waals surface area (Å²) in [6.45, 7) is 6.21. The highest BCUT2D eigenvalue weighted by molar-refractivity contribution is 5.89. The molecule has 1 aromatic carbocycles. The van der Waals surface area contributed by atoms with Crippen LogP contribution in [0, 0.1) is 17.8 Å². The summed E-state index contributed by atoms with van der Waals surface area (Å²) in [4.78, 5) is 72.9. The molecule has 6 aliphatic rings. The number of hydrogen-bond acceptors (Lipinski definition) is 9. The third kappa shape index (κ3) is 7.85. The van der Waals surface area contributed by atoms with Gasteiger partial charge in [0.25, 0.3) is 0 Å². The number of ether oxygens (including phenoxy) is 3. The highest BCUT2D eigenvalue weighted by Gasteiger charge is 2.41. The van der Waals surface area contributed by atoms with E-state index in [2.05, 4.69) is 38.8 Å². The van der Waals surface area contributed by atoms with E-state index in [1.807, 2.05) is 36.0 Å². The lowest BCUT2D eigenvalue weighted by atomic mass is 9.66. The van der Waals surface area contributed by atoms with Crippen LogP contribution in [0.1, 0.15) is 118 Å². The normalized spacial score (nSPS) is 23.4. The summed E-state index contributed by atoms with van der Waals surface area (Å²) < 4.78 is 15.3. The Morgan fingerprint density at radius 1 is 0.787 bits per heavy atom. The maximum Gasteiger partial charge on any atom is 0.407 e.